The Balaban J connectivity index is 2.43. The van der Waals surface area contributed by atoms with Gasteiger partial charge in [-0.2, -0.15) is 0 Å². The van der Waals surface area contributed by atoms with E-state index in [1.165, 1.54) is 11.1 Å². The monoisotopic (exact) mass is 157 g/mol. The number of rotatable bonds is 0. The molecule has 2 aliphatic carbocycles. The number of allylic oxidation sites excluding steroid dienone is 9. The van der Waals surface area contributed by atoms with Gasteiger partial charge in [-0.3, -0.25) is 0 Å². The highest BCUT2D eigenvalue weighted by atomic mass is 14.5. The first-order valence-corrected chi connectivity index (χ1v) is 4.08. The number of nitrogens with two attached hydrogens (primary N) is 1. The summed E-state index contributed by atoms with van der Waals surface area (Å²) in [7, 11) is 0. The summed E-state index contributed by atoms with van der Waals surface area (Å²) in [6, 6.07) is 0. The van der Waals surface area contributed by atoms with Crippen molar-refractivity contribution < 1.29 is 0 Å². The maximum Gasteiger partial charge on any atom is 0.0314 e. The molecule has 0 aromatic carbocycles. The Kier molecular flexibility index (Phi) is 1.71. The molecule has 0 unspecified atom stereocenters. The smallest absolute Gasteiger partial charge is 0.0314 e. The fourth-order valence-electron chi connectivity index (χ4n) is 1.36. The van der Waals surface area contributed by atoms with E-state index < -0.39 is 0 Å². The van der Waals surface area contributed by atoms with Gasteiger partial charge < -0.3 is 5.73 Å². The first-order valence-electron chi connectivity index (χ1n) is 4.08. The van der Waals surface area contributed by atoms with Crippen molar-refractivity contribution in [2.24, 2.45) is 5.73 Å². The van der Waals surface area contributed by atoms with E-state index in [1.54, 1.807) is 0 Å². The van der Waals surface area contributed by atoms with Gasteiger partial charge in [-0.05, 0) is 29.7 Å². The summed E-state index contributed by atoms with van der Waals surface area (Å²) in [5, 5.41) is 0. The fourth-order valence-corrected chi connectivity index (χ4v) is 1.36. The summed E-state index contributed by atoms with van der Waals surface area (Å²) in [5.74, 6) is 0. The molecule has 0 aliphatic heterocycles. The minimum atomic E-state index is 0.817. The van der Waals surface area contributed by atoms with Gasteiger partial charge in [0.1, 0.15) is 0 Å². The molecule has 12 heavy (non-hydrogen) atoms. The number of hydrogen-bond donors (Lipinski definition) is 1. The zero-order valence-corrected chi connectivity index (χ0v) is 6.83. The second-order valence-electron chi connectivity index (χ2n) is 2.95. The van der Waals surface area contributed by atoms with Crippen molar-refractivity contribution in [1.82, 2.24) is 0 Å². The fraction of sp³-hybridized carbons (Fsp3) is 0.0909. The summed E-state index contributed by atoms with van der Waals surface area (Å²) >= 11 is 0. The highest BCUT2D eigenvalue weighted by Crippen LogP contribution is 2.22. The predicted molar refractivity (Wildman–Crippen MR) is 51.3 cm³/mol. The molecule has 1 heteroatoms. The molecule has 0 heterocycles. The molecule has 0 atom stereocenters. The van der Waals surface area contributed by atoms with E-state index in [4.69, 9.17) is 5.73 Å². The molecule has 2 N–H and O–H groups in total. The lowest BCUT2D eigenvalue weighted by Crippen LogP contribution is -1.89. The van der Waals surface area contributed by atoms with Crippen LogP contribution in [0.15, 0.2) is 59.4 Å². The van der Waals surface area contributed by atoms with Gasteiger partial charge in [0.25, 0.3) is 0 Å². The molecule has 1 nitrogen and oxygen atoms in total. The molecule has 2 aliphatic rings. The summed E-state index contributed by atoms with van der Waals surface area (Å²) in [6.45, 7) is 0. The Bertz CT molecular complexity index is 338. The van der Waals surface area contributed by atoms with Crippen LogP contribution in [-0.4, -0.2) is 0 Å². The van der Waals surface area contributed by atoms with Crippen molar-refractivity contribution in [2.45, 2.75) is 6.42 Å². The van der Waals surface area contributed by atoms with Crippen molar-refractivity contribution in [3.05, 3.63) is 59.4 Å². The van der Waals surface area contributed by atoms with Crippen LogP contribution in [0.4, 0.5) is 0 Å². The van der Waals surface area contributed by atoms with Crippen LogP contribution < -0.4 is 5.73 Å². The van der Waals surface area contributed by atoms with Crippen LogP contribution in [0.2, 0.25) is 0 Å². The molecule has 0 amide bonds. The van der Waals surface area contributed by atoms with Gasteiger partial charge >= 0.3 is 0 Å². The molecule has 0 aromatic heterocycles. The average molecular weight is 157 g/mol. The molecule has 0 saturated carbocycles. The zero-order chi connectivity index (χ0) is 8.39. The van der Waals surface area contributed by atoms with Crippen LogP contribution in [0.25, 0.3) is 0 Å². The van der Waals surface area contributed by atoms with Gasteiger partial charge in [0, 0.05) is 5.70 Å². The number of fused-ring (bicyclic) bond motifs is 1. The summed E-state index contributed by atoms with van der Waals surface area (Å²) < 4.78 is 0. The van der Waals surface area contributed by atoms with Crippen molar-refractivity contribution in [3.63, 3.8) is 0 Å². The number of hydrogen-bond acceptors (Lipinski definition) is 1. The third-order valence-corrected chi connectivity index (χ3v) is 2.05. The van der Waals surface area contributed by atoms with Crippen LogP contribution >= 0.6 is 0 Å². The highest BCUT2D eigenvalue weighted by molar-refractivity contribution is 5.51. The summed E-state index contributed by atoms with van der Waals surface area (Å²) in [6.07, 6.45) is 15.4. The molecule has 0 bridgehead atoms. The third kappa shape index (κ3) is 1.26. The average Bonchev–Trinajstić information content (AvgIpc) is 2.29. The first-order chi connectivity index (χ1) is 5.86. The van der Waals surface area contributed by atoms with Crippen molar-refractivity contribution in [1.29, 1.82) is 0 Å². The van der Waals surface area contributed by atoms with Crippen molar-refractivity contribution in [2.75, 3.05) is 0 Å². The van der Waals surface area contributed by atoms with Crippen LogP contribution in [0.3, 0.4) is 0 Å². The van der Waals surface area contributed by atoms with Crippen LogP contribution in [-0.2, 0) is 0 Å². The Morgan fingerprint density at radius 3 is 2.92 bits per heavy atom. The molecule has 0 aromatic rings. The Labute approximate surface area is 72.3 Å². The molecule has 0 spiro atoms. The first kappa shape index (κ1) is 7.17. The molecule has 60 valence electrons. The van der Waals surface area contributed by atoms with Crippen molar-refractivity contribution in [3.8, 4) is 0 Å². The minimum Gasteiger partial charge on any atom is -0.399 e. The van der Waals surface area contributed by atoms with E-state index in [9.17, 15) is 0 Å². The minimum absolute atomic E-state index is 0.817. The molecule has 2 rings (SSSR count). The maximum atomic E-state index is 5.67. The summed E-state index contributed by atoms with van der Waals surface area (Å²) in [5.41, 5.74) is 9.10. The Hall–Kier alpha value is -1.50. The summed E-state index contributed by atoms with van der Waals surface area (Å²) in [4.78, 5) is 0. The Morgan fingerprint density at radius 1 is 1.08 bits per heavy atom. The lowest BCUT2D eigenvalue weighted by molar-refractivity contribution is 1.22. The second kappa shape index (κ2) is 2.86. The molecule has 0 fully saturated rings. The quantitative estimate of drug-likeness (QED) is 0.573. The topological polar surface area (TPSA) is 26.0 Å². The maximum absolute atomic E-state index is 5.67. The highest BCUT2D eigenvalue weighted by Gasteiger charge is 2.04. The van der Waals surface area contributed by atoms with Crippen LogP contribution in [0, 0.1) is 0 Å². The van der Waals surface area contributed by atoms with E-state index in [2.05, 4.69) is 30.4 Å². The van der Waals surface area contributed by atoms with Crippen molar-refractivity contribution >= 4 is 0 Å². The van der Waals surface area contributed by atoms with E-state index >= 15 is 0 Å². The predicted octanol–water partition coefficient (Wildman–Crippen LogP) is 2.21. The second-order valence-corrected chi connectivity index (χ2v) is 2.95. The van der Waals surface area contributed by atoms with Gasteiger partial charge in [-0.15, -0.1) is 0 Å². The van der Waals surface area contributed by atoms with E-state index in [0.29, 0.717) is 0 Å². The van der Waals surface area contributed by atoms with E-state index in [-0.39, 0.29) is 0 Å². The standard InChI is InChI=1S/C11H11N/c12-11-7-5-9-3-1-2-4-10(9)6-8-11/h1-3,5-8H,4,12H2. The lowest BCUT2D eigenvalue weighted by atomic mass is 9.98. The molecule has 0 radical (unpaired) electrons. The zero-order valence-electron chi connectivity index (χ0n) is 6.83. The normalized spacial score (nSPS) is 20.5. The van der Waals surface area contributed by atoms with Gasteiger partial charge in [-0.25, -0.2) is 0 Å². The lowest BCUT2D eigenvalue weighted by Gasteiger charge is -2.07. The third-order valence-electron chi connectivity index (χ3n) is 2.05. The van der Waals surface area contributed by atoms with Gasteiger partial charge in [0.05, 0.1) is 0 Å². The van der Waals surface area contributed by atoms with E-state index in [1.807, 2.05) is 12.2 Å². The van der Waals surface area contributed by atoms with E-state index in [0.717, 1.165) is 12.1 Å². The molecular formula is C11H11N. The van der Waals surface area contributed by atoms with Crippen LogP contribution in [0.5, 0.6) is 0 Å². The molecular weight excluding hydrogens is 146 g/mol. The Morgan fingerprint density at radius 2 is 2.00 bits per heavy atom. The SMILES string of the molecule is NC1=CC=C2CC=CC=C2C=C1. The van der Waals surface area contributed by atoms with Gasteiger partial charge in [-0.1, -0.05) is 30.4 Å². The molecule has 0 saturated heterocycles. The van der Waals surface area contributed by atoms with Gasteiger partial charge in [0.2, 0.25) is 0 Å². The largest absolute Gasteiger partial charge is 0.399 e. The van der Waals surface area contributed by atoms with Gasteiger partial charge in [0.15, 0.2) is 0 Å². The van der Waals surface area contributed by atoms with Crippen LogP contribution in [0.1, 0.15) is 6.42 Å².